The number of hydrogen-bond donors (Lipinski definition) is 0. The molecule has 1 aliphatic heterocycles. The fourth-order valence-electron chi connectivity index (χ4n) is 3.14. The van der Waals surface area contributed by atoms with E-state index in [1.165, 1.54) is 11.1 Å². The summed E-state index contributed by atoms with van der Waals surface area (Å²) < 4.78 is 6.68. The molecule has 8 nitrogen and oxygen atoms in total. The van der Waals surface area contributed by atoms with Crippen molar-refractivity contribution in [3.63, 3.8) is 0 Å². The monoisotopic (exact) mass is 399 g/mol. The molecule has 0 atom stereocenters. The number of rotatable bonds is 6. The predicted molar refractivity (Wildman–Crippen MR) is 102 cm³/mol. The van der Waals surface area contributed by atoms with Crippen molar-refractivity contribution >= 4 is 29.2 Å². The van der Waals surface area contributed by atoms with Crippen LogP contribution in [0.2, 0.25) is 5.02 Å². The van der Waals surface area contributed by atoms with Gasteiger partial charge in [0.05, 0.1) is 24.6 Å². The SMILES string of the molecule is Cc1oncc1Cn1cc(N2C(=O)CN(CCc3ccccc3Cl)C2=O)cn1. The molecule has 28 heavy (non-hydrogen) atoms. The molecule has 4 rings (SSSR count). The van der Waals surface area contributed by atoms with Gasteiger partial charge in [-0.25, -0.2) is 9.69 Å². The molecule has 0 aliphatic carbocycles. The van der Waals surface area contributed by atoms with E-state index < -0.39 is 0 Å². The summed E-state index contributed by atoms with van der Waals surface area (Å²) in [4.78, 5) is 27.9. The summed E-state index contributed by atoms with van der Waals surface area (Å²) in [7, 11) is 0. The molecule has 9 heteroatoms. The number of imide groups is 1. The van der Waals surface area contributed by atoms with Crippen molar-refractivity contribution in [2.45, 2.75) is 19.9 Å². The highest BCUT2D eigenvalue weighted by molar-refractivity contribution is 6.31. The van der Waals surface area contributed by atoms with E-state index in [9.17, 15) is 9.59 Å². The van der Waals surface area contributed by atoms with Crippen molar-refractivity contribution < 1.29 is 14.1 Å². The van der Waals surface area contributed by atoms with Crippen molar-refractivity contribution in [3.05, 3.63) is 64.8 Å². The average molecular weight is 400 g/mol. The maximum absolute atomic E-state index is 12.7. The highest BCUT2D eigenvalue weighted by atomic mass is 35.5. The van der Waals surface area contributed by atoms with E-state index in [1.807, 2.05) is 31.2 Å². The second-order valence-corrected chi connectivity index (χ2v) is 6.99. The molecule has 0 spiro atoms. The molecule has 0 unspecified atom stereocenters. The van der Waals surface area contributed by atoms with Crippen molar-refractivity contribution in [1.29, 1.82) is 0 Å². The van der Waals surface area contributed by atoms with Gasteiger partial charge < -0.3 is 9.42 Å². The lowest BCUT2D eigenvalue weighted by molar-refractivity contribution is -0.116. The van der Waals surface area contributed by atoms with E-state index in [0.717, 1.165) is 16.0 Å². The molecule has 1 aliphatic rings. The van der Waals surface area contributed by atoms with E-state index in [-0.39, 0.29) is 18.5 Å². The Labute approximate surface area is 166 Å². The molecule has 1 saturated heterocycles. The molecular weight excluding hydrogens is 382 g/mol. The Morgan fingerprint density at radius 3 is 2.75 bits per heavy atom. The van der Waals surface area contributed by atoms with E-state index in [2.05, 4.69) is 10.3 Å². The van der Waals surface area contributed by atoms with E-state index in [0.29, 0.717) is 36.0 Å². The third-order valence-corrected chi connectivity index (χ3v) is 5.08. The number of carbonyl (C=O) groups excluding carboxylic acids is 2. The topological polar surface area (TPSA) is 84.5 Å². The maximum atomic E-state index is 12.7. The molecule has 3 aromatic rings. The smallest absolute Gasteiger partial charge is 0.331 e. The van der Waals surface area contributed by atoms with Crippen LogP contribution in [-0.4, -0.2) is 44.9 Å². The Morgan fingerprint density at radius 1 is 1.18 bits per heavy atom. The van der Waals surface area contributed by atoms with Crippen molar-refractivity contribution in [2.75, 3.05) is 18.0 Å². The fraction of sp³-hybridized carbons (Fsp3) is 0.263. The Hall–Kier alpha value is -3.13. The van der Waals surface area contributed by atoms with Crippen LogP contribution in [0.25, 0.3) is 0 Å². The molecule has 3 heterocycles. The van der Waals surface area contributed by atoms with Crippen molar-refractivity contribution in [3.8, 4) is 0 Å². The van der Waals surface area contributed by atoms with E-state index in [1.54, 1.807) is 17.1 Å². The van der Waals surface area contributed by atoms with Crippen LogP contribution in [-0.2, 0) is 17.8 Å². The number of aryl methyl sites for hydroxylation is 1. The van der Waals surface area contributed by atoms with E-state index in [4.69, 9.17) is 16.1 Å². The number of urea groups is 1. The summed E-state index contributed by atoms with van der Waals surface area (Å²) in [5, 5.41) is 8.63. The number of aromatic nitrogens is 3. The summed E-state index contributed by atoms with van der Waals surface area (Å²) in [6, 6.07) is 7.13. The van der Waals surface area contributed by atoms with Crippen LogP contribution in [0.4, 0.5) is 10.5 Å². The van der Waals surface area contributed by atoms with Crippen LogP contribution in [0.5, 0.6) is 0 Å². The number of halogens is 1. The molecule has 144 valence electrons. The van der Waals surface area contributed by atoms with Gasteiger partial charge in [-0.15, -0.1) is 0 Å². The summed E-state index contributed by atoms with van der Waals surface area (Å²) in [5.74, 6) is 0.431. The van der Waals surface area contributed by atoms with Gasteiger partial charge in [-0.1, -0.05) is 35.0 Å². The maximum Gasteiger partial charge on any atom is 0.331 e. The normalized spacial score (nSPS) is 14.4. The van der Waals surface area contributed by atoms with Gasteiger partial charge in [-0.05, 0) is 25.0 Å². The molecule has 1 fully saturated rings. The highest BCUT2D eigenvalue weighted by Crippen LogP contribution is 2.23. The third-order valence-electron chi connectivity index (χ3n) is 4.71. The molecule has 0 saturated carbocycles. The van der Waals surface area contributed by atoms with Crippen LogP contribution < -0.4 is 4.90 Å². The van der Waals surface area contributed by atoms with Crippen molar-refractivity contribution in [2.24, 2.45) is 0 Å². The van der Waals surface area contributed by atoms with Gasteiger partial charge in [0.25, 0.3) is 5.91 Å². The fourth-order valence-corrected chi connectivity index (χ4v) is 3.37. The molecule has 0 bridgehead atoms. The molecule has 2 aromatic heterocycles. The van der Waals surface area contributed by atoms with Crippen LogP contribution in [0.3, 0.4) is 0 Å². The average Bonchev–Trinajstić information content (AvgIpc) is 3.36. The Bertz CT molecular complexity index is 1030. The van der Waals surface area contributed by atoms with Crippen LogP contribution >= 0.6 is 11.6 Å². The lowest BCUT2D eigenvalue weighted by Gasteiger charge is -2.16. The van der Waals surface area contributed by atoms with Gasteiger partial charge in [0.2, 0.25) is 0 Å². The summed E-state index contributed by atoms with van der Waals surface area (Å²) >= 11 is 6.17. The second kappa shape index (κ2) is 7.47. The molecular formula is C19H18ClN5O3. The predicted octanol–water partition coefficient (Wildman–Crippen LogP) is 2.89. The zero-order valence-corrected chi connectivity index (χ0v) is 16.0. The number of amides is 3. The van der Waals surface area contributed by atoms with Gasteiger partial charge in [0, 0.05) is 23.3 Å². The lowest BCUT2D eigenvalue weighted by Crippen LogP contribution is -2.33. The number of carbonyl (C=O) groups is 2. The van der Waals surface area contributed by atoms with Crippen LogP contribution in [0.15, 0.2) is 47.4 Å². The quantitative estimate of drug-likeness (QED) is 0.595. The number of anilines is 1. The van der Waals surface area contributed by atoms with Gasteiger partial charge >= 0.3 is 6.03 Å². The minimum atomic E-state index is -0.349. The summed E-state index contributed by atoms with van der Waals surface area (Å²) in [5.41, 5.74) is 2.28. The first-order valence-corrected chi connectivity index (χ1v) is 9.18. The van der Waals surface area contributed by atoms with Crippen LogP contribution in [0.1, 0.15) is 16.9 Å². The number of hydrogen-bond acceptors (Lipinski definition) is 5. The number of benzene rings is 1. The van der Waals surface area contributed by atoms with Crippen LogP contribution in [0, 0.1) is 6.92 Å². The summed E-state index contributed by atoms with van der Waals surface area (Å²) in [6.07, 6.45) is 5.38. The molecule has 0 radical (unpaired) electrons. The zero-order valence-electron chi connectivity index (χ0n) is 15.2. The highest BCUT2D eigenvalue weighted by Gasteiger charge is 2.37. The Balaban J connectivity index is 1.44. The van der Waals surface area contributed by atoms with Gasteiger partial charge in [0.15, 0.2) is 0 Å². The number of nitrogens with zero attached hydrogens (tertiary/aromatic N) is 5. The Kier molecular flexibility index (Phi) is 4.87. The largest absolute Gasteiger partial charge is 0.361 e. The summed E-state index contributed by atoms with van der Waals surface area (Å²) in [6.45, 7) is 2.72. The lowest BCUT2D eigenvalue weighted by atomic mass is 10.1. The standard InChI is InChI=1S/C19H18ClN5O3/c1-13-15(8-22-28-13)10-24-11-16(9-21-24)25-18(26)12-23(19(25)27)7-6-14-4-2-3-5-17(14)20/h2-5,8-9,11H,6-7,10,12H2,1H3. The first-order valence-electron chi connectivity index (χ1n) is 8.81. The van der Waals surface area contributed by atoms with Gasteiger partial charge in [-0.3, -0.25) is 9.48 Å². The molecule has 3 amide bonds. The zero-order chi connectivity index (χ0) is 19.7. The molecule has 1 aromatic carbocycles. The minimum absolute atomic E-state index is 0.0409. The van der Waals surface area contributed by atoms with E-state index >= 15 is 0 Å². The van der Waals surface area contributed by atoms with Crippen molar-refractivity contribution in [1.82, 2.24) is 19.8 Å². The first-order chi connectivity index (χ1) is 13.5. The second-order valence-electron chi connectivity index (χ2n) is 6.58. The molecule has 0 N–H and O–H groups in total. The minimum Gasteiger partial charge on any atom is -0.361 e. The third kappa shape index (κ3) is 3.50. The van der Waals surface area contributed by atoms with Gasteiger partial charge in [0.1, 0.15) is 12.3 Å². The first kappa shape index (κ1) is 18.2. The Morgan fingerprint density at radius 2 is 2.00 bits per heavy atom. The van der Waals surface area contributed by atoms with Gasteiger partial charge in [-0.2, -0.15) is 5.10 Å².